The Morgan fingerprint density at radius 3 is 2.69 bits per heavy atom. The molecule has 3 aromatic rings. The van der Waals surface area contributed by atoms with Gasteiger partial charge in [-0.15, -0.1) is 0 Å². The molecule has 0 radical (unpaired) electrons. The Morgan fingerprint density at radius 1 is 1.21 bits per heavy atom. The minimum atomic E-state index is -1.58. The average Bonchev–Trinajstić information content (AvgIpc) is 3.15. The number of benzene rings is 2. The van der Waals surface area contributed by atoms with Gasteiger partial charge in [-0.25, -0.2) is 13.6 Å². The van der Waals surface area contributed by atoms with Crippen LogP contribution < -0.4 is 11.1 Å². The van der Waals surface area contributed by atoms with Gasteiger partial charge in [0.1, 0.15) is 17.2 Å². The molecule has 0 spiro atoms. The molecule has 0 bridgehead atoms. The second-order valence-corrected chi connectivity index (χ2v) is 7.55. The van der Waals surface area contributed by atoms with Crippen LogP contribution in [0, 0.1) is 11.6 Å². The number of H-pyrrole nitrogens is 1. The van der Waals surface area contributed by atoms with Crippen molar-refractivity contribution in [3.63, 3.8) is 0 Å². The summed E-state index contributed by atoms with van der Waals surface area (Å²) in [6, 6.07) is 6.31. The smallest absolute Gasteiger partial charge is 0.405 e. The summed E-state index contributed by atoms with van der Waals surface area (Å²) in [6.07, 6.45) is 2.78. The highest BCUT2D eigenvalue weighted by atomic mass is 35.5. The molecule has 9 heteroatoms. The lowest BCUT2D eigenvalue weighted by molar-refractivity contribution is 0.00631. The lowest BCUT2D eigenvalue weighted by atomic mass is 9.76. The fourth-order valence-corrected chi connectivity index (χ4v) is 4.33. The minimum absolute atomic E-state index is 0.123. The van der Waals surface area contributed by atoms with Gasteiger partial charge in [-0.2, -0.15) is 5.10 Å². The molecule has 0 saturated carbocycles. The summed E-state index contributed by atoms with van der Waals surface area (Å²) in [5, 5.41) is 10.4. The Kier molecular flexibility index (Phi) is 5.14. The summed E-state index contributed by atoms with van der Waals surface area (Å²) in [4.78, 5) is 12.0. The van der Waals surface area contributed by atoms with E-state index in [1.165, 1.54) is 24.4 Å². The summed E-state index contributed by atoms with van der Waals surface area (Å²) < 4.78 is 34.8. The Balaban J connectivity index is 2.03. The number of hydrogen-bond donors (Lipinski definition) is 3. The molecule has 2 aromatic carbocycles. The van der Waals surface area contributed by atoms with Gasteiger partial charge in [0.15, 0.2) is 5.60 Å². The van der Waals surface area contributed by atoms with Crippen LogP contribution in [0.5, 0.6) is 0 Å². The van der Waals surface area contributed by atoms with Crippen molar-refractivity contribution >= 4 is 28.6 Å². The monoisotopic (exact) mass is 420 g/mol. The van der Waals surface area contributed by atoms with E-state index in [1.807, 2.05) is 0 Å². The van der Waals surface area contributed by atoms with E-state index in [0.717, 1.165) is 18.9 Å². The van der Waals surface area contributed by atoms with Crippen LogP contribution in [0.3, 0.4) is 0 Å². The molecule has 1 saturated heterocycles. The second-order valence-electron chi connectivity index (χ2n) is 7.11. The Bertz CT molecular complexity index is 1050. The number of fused-ring (bicyclic) bond motifs is 1. The van der Waals surface area contributed by atoms with Crippen LogP contribution in [-0.4, -0.2) is 28.9 Å². The number of piperidine rings is 1. The summed E-state index contributed by atoms with van der Waals surface area (Å²) >= 11 is 6.11. The summed E-state index contributed by atoms with van der Waals surface area (Å²) in [5.41, 5.74) is 4.65. The molecule has 1 aliphatic heterocycles. The summed E-state index contributed by atoms with van der Waals surface area (Å²) in [5.74, 6) is -1.18. The molecular formula is C20H19ClF2N4O2. The topological polar surface area (TPSA) is 93.0 Å². The van der Waals surface area contributed by atoms with Crippen molar-refractivity contribution in [1.82, 2.24) is 15.5 Å². The molecule has 0 aliphatic carbocycles. The van der Waals surface area contributed by atoms with Gasteiger partial charge in [0, 0.05) is 21.5 Å². The first-order valence-electron chi connectivity index (χ1n) is 9.21. The molecule has 2 atom stereocenters. The van der Waals surface area contributed by atoms with Gasteiger partial charge in [-0.1, -0.05) is 18.0 Å². The quantitative estimate of drug-likeness (QED) is 0.595. The Morgan fingerprint density at radius 2 is 2.00 bits per heavy atom. The van der Waals surface area contributed by atoms with E-state index < -0.39 is 29.4 Å². The fraction of sp³-hybridized carbons (Fsp3) is 0.300. The first kappa shape index (κ1) is 19.6. The van der Waals surface area contributed by atoms with Crippen molar-refractivity contribution in [1.29, 1.82) is 0 Å². The van der Waals surface area contributed by atoms with Crippen LogP contribution in [0.4, 0.5) is 13.6 Å². The van der Waals surface area contributed by atoms with Crippen LogP contribution in [0.15, 0.2) is 36.5 Å². The van der Waals surface area contributed by atoms with Crippen molar-refractivity contribution in [2.45, 2.75) is 30.9 Å². The number of carbonyl (C=O) groups is 1. The average molecular weight is 421 g/mol. The van der Waals surface area contributed by atoms with Gasteiger partial charge < -0.3 is 15.8 Å². The van der Waals surface area contributed by atoms with E-state index in [4.69, 9.17) is 22.1 Å². The number of aromatic nitrogens is 2. The molecule has 1 fully saturated rings. The number of amides is 1. The predicted octanol–water partition coefficient (Wildman–Crippen LogP) is 3.98. The number of nitrogens with zero attached hydrogens (tertiary/aromatic N) is 1. The molecule has 4 N–H and O–H groups in total. The highest BCUT2D eigenvalue weighted by Crippen LogP contribution is 2.42. The van der Waals surface area contributed by atoms with Crippen molar-refractivity contribution < 1.29 is 18.3 Å². The van der Waals surface area contributed by atoms with Crippen LogP contribution in [0.25, 0.3) is 10.9 Å². The summed E-state index contributed by atoms with van der Waals surface area (Å²) in [6.45, 7) is 0.661. The van der Waals surface area contributed by atoms with Gasteiger partial charge in [-0.05, 0) is 49.7 Å². The zero-order valence-corrected chi connectivity index (χ0v) is 16.1. The third kappa shape index (κ3) is 3.54. The summed E-state index contributed by atoms with van der Waals surface area (Å²) in [7, 11) is 0. The maximum Gasteiger partial charge on any atom is 0.405 e. The van der Waals surface area contributed by atoms with Crippen molar-refractivity contribution in [3.05, 3.63) is 64.3 Å². The number of primary amides is 1. The van der Waals surface area contributed by atoms with Crippen molar-refractivity contribution in [2.24, 2.45) is 5.73 Å². The normalized spacial score (nSPS) is 19.1. The Hall–Kier alpha value is -2.71. The molecule has 1 aliphatic rings. The van der Waals surface area contributed by atoms with E-state index in [0.29, 0.717) is 23.9 Å². The van der Waals surface area contributed by atoms with Gasteiger partial charge in [0.05, 0.1) is 12.2 Å². The molecule has 2 heterocycles. The minimum Gasteiger partial charge on any atom is -0.432 e. The Labute approximate surface area is 170 Å². The van der Waals surface area contributed by atoms with Gasteiger partial charge in [0.25, 0.3) is 0 Å². The van der Waals surface area contributed by atoms with Gasteiger partial charge in [0.2, 0.25) is 0 Å². The van der Waals surface area contributed by atoms with E-state index in [9.17, 15) is 13.6 Å². The number of hydrogen-bond acceptors (Lipinski definition) is 4. The SMILES string of the molecule is NC(=O)O[C@](c1cc(F)cc(Cl)c1)(c1cc(F)c2[nH]ncc2c1)[C@@H]1CCCCN1. The molecule has 0 unspecified atom stereocenters. The fourth-order valence-electron chi connectivity index (χ4n) is 4.11. The second kappa shape index (κ2) is 7.61. The highest BCUT2D eigenvalue weighted by molar-refractivity contribution is 6.30. The molecule has 4 rings (SSSR count). The molecule has 152 valence electrons. The highest BCUT2D eigenvalue weighted by Gasteiger charge is 2.47. The number of carbonyl (C=O) groups excluding carboxylic acids is 1. The van der Waals surface area contributed by atoms with Crippen LogP contribution in [0.2, 0.25) is 5.02 Å². The lowest BCUT2D eigenvalue weighted by Crippen LogP contribution is -2.54. The standard InChI is InChI=1S/C20H19ClF2N4O2/c21-14-6-13(7-15(22)9-14)20(29-19(24)28,17-3-1-2-4-25-17)12-5-11-10-26-27-18(11)16(23)8-12/h5-10,17,25H,1-4H2,(H2,24,28)(H,26,27)/t17-,20-/m0/s1. The molecule has 1 amide bonds. The first-order chi connectivity index (χ1) is 13.9. The largest absolute Gasteiger partial charge is 0.432 e. The van der Waals surface area contributed by atoms with Gasteiger partial charge >= 0.3 is 6.09 Å². The number of nitrogens with two attached hydrogens (primary N) is 1. The maximum atomic E-state index is 14.8. The number of ether oxygens (including phenoxy) is 1. The zero-order valence-electron chi connectivity index (χ0n) is 15.3. The number of nitrogens with one attached hydrogen (secondary N) is 2. The first-order valence-corrected chi connectivity index (χ1v) is 9.59. The number of halogens is 3. The van der Waals surface area contributed by atoms with Crippen LogP contribution in [0.1, 0.15) is 30.4 Å². The molecule has 29 heavy (non-hydrogen) atoms. The number of aromatic amines is 1. The molecule has 6 nitrogen and oxygen atoms in total. The van der Waals surface area contributed by atoms with E-state index in [-0.39, 0.29) is 16.1 Å². The van der Waals surface area contributed by atoms with Crippen molar-refractivity contribution in [3.8, 4) is 0 Å². The zero-order chi connectivity index (χ0) is 20.6. The maximum absolute atomic E-state index is 14.8. The van der Waals surface area contributed by atoms with E-state index in [1.54, 1.807) is 6.07 Å². The lowest BCUT2D eigenvalue weighted by Gasteiger charge is -2.42. The number of rotatable bonds is 4. The van der Waals surface area contributed by atoms with Crippen LogP contribution in [-0.2, 0) is 10.3 Å². The third-order valence-corrected chi connectivity index (χ3v) is 5.50. The predicted molar refractivity (Wildman–Crippen MR) is 105 cm³/mol. The van der Waals surface area contributed by atoms with Gasteiger partial charge in [-0.3, -0.25) is 5.10 Å². The molecular weight excluding hydrogens is 402 g/mol. The molecule has 1 aromatic heterocycles. The van der Waals surface area contributed by atoms with E-state index in [2.05, 4.69) is 15.5 Å². The van der Waals surface area contributed by atoms with E-state index >= 15 is 0 Å². The van der Waals surface area contributed by atoms with Crippen LogP contribution >= 0.6 is 11.6 Å². The van der Waals surface area contributed by atoms with Crippen molar-refractivity contribution in [2.75, 3.05) is 6.54 Å². The third-order valence-electron chi connectivity index (χ3n) is 5.28.